The van der Waals surface area contributed by atoms with E-state index in [1.54, 1.807) is 23.9 Å². The van der Waals surface area contributed by atoms with E-state index in [-0.39, 0.29) is 0 Å². The Bertz CT molecular complexity index is 431. The molecule has 0 spiro atoms. The van der Waals surface area contributed by atoms with Gasteiger partial charge in [-0.05, 0) is 43.3 Å². The standard InChI is InChI=1S/C12H12O2S/c1-9-2-5-11(14-9)8-15-12-6-3-10(13)4-7-12/h2-7,13H,8H2,1H3. The summed E-state index contributed by atoms with van der Waals surface area (Å²) in [6.07, 6.45) is 0. The van der Waals surface area contributed by atoms with Gasteiger partial charge in [-0.1, -0.05) is 0 Å². The number of hydrogen-bond acceptors (Lipinski definition) is 3. The molecule has 0 aliphatic rings. The number of rotatable bonds is 3. The van der Waals surface area contributed by atoms with Gasteiger partial charge in [-0.15, -0.1) is 11.8 Å². The summed E-state index contributed by atoms with van der Waals surface area (Å²) in [5, 5.41) is 9.12. The van der Waals surface area contributed by atoms with Crippen molar-refractivity contribution in [1.82, 2.24) is 0 Å². The molecule has 0 atom stereocenters. The van der Waals surface area contributed by atoms with Gasteiger partial charge >= 0.3 is 0 Å². The number of benzene rings is 1. The number of aryl methyl sites for hydroxylation is 1. The zero-order valence-corrected chi connectivity index (χ0v) is 9.25. The van der Waals surface area contributed by atoms with Gasteiger partial charge < -0.3 is 9.52 Å². The van der Waals surface area contributed by atoms with E-state index in [4.69, 9.17) is 9.52 Å². The van der Waals surface area contributed by atoms with Gasteiger partial charge in [0.2, 0.25) is 0 Å². The normalized spacial score (nSPS) is 10.5. The first-order valence-electron chi connectivity index (χ1n) is 4.71. The topological polar surface area (TPSA) is 33.4 Å². The molecular formula is C12H12O2S. The van der Waals surface area contributed by atoms with Crippen LogP contribution in [0.4, 0.5) is 0 Å². The van der Waals surface area contributed by atoms with Gasteiger partial charge in [0.15, 0.2) is 0 Å². The minimum absolute atomic E-state index is 0.299. The minimum atomic E-state index is 0.299. The molecule has 2 aromatic rings. The molecule has 0 fully saturated rings. The van der Waals surface area contributed by atoms with Crippen LogP contribution in [0.3, 0.4) is 0 Å². The number of hydrogen-bond donors (Lipinski definition) is 1. The monoisotopic (exact) mass is 220 g/mol. The number of furan rings is 1. The second-order valence-corrected chi connectivity index (χ2v) is 4.34. The maximum Gasteiger partial charge on any atom is 0.115 e. The van der Waals surface area contributed by atoms with E-state index in [1.807, 2.05) is 31.2 Å². The molecule has 0 amide bonds. The number of phenols is 1. The van der Waals surface area contributed by atoms with Gasteiger partial charge in [0.05, 0.1) is 5.75 Å². The lowest BCUT2D eigenvalue weighted by molar-refractivity contribution is 0.475. The average molecular weight is 220 g/mol. The van der Waals surface area contributed by atoms with Crippen molar-refractivity contribution >= 4 is 11.8 Å². The van der Waals surface area contributed by atoms with Crippen LogP contribution in [-0.2, 0) is 5.75 Å². The first-order chi connectivity index (χ1) is 7.24. The van der Waals surface area contributed by atoms with Gasteiger partial charge in [-0.25, -0.2) is 0 Å². The zero-order chi connectivity index (χ0) is 10.7. The zero-order valence-electron chi connectivity index (χ0n) is 8.43. The van der Waals surface area contributed by atoms with Crippen LogP contribution in [0.15, 0.2) is 45.7 Å². The number of thioether (sulfide) groups is 1. The van der Waals surface area contributed by atoms with Gasteiger partial charge in [0, 0.05) is 4.90 Å². The van der Waals surface area contributed by atoms with Crippen LogP contribution >= 0.6 is 11.8 Å². The quantitative estimate of drug-likeness (QED) is 0.802. The van der Waals surface area contributed by atoms with Crippen LogP contribution in [-0.4, -0.2) is 5.11 Å². The van der Waals surface area contributed by atoms with Crippen LogP contribution in [0.5, 0.6) is 5.75 Å². The van der Waals surface area contributed by atoms with Gasteiger partial charge in [0.25, 0.3) is 0 Å². The van der Waals surface area contributed by atoms with Crippen molar-refractivity contribution < 1.29 is 9.52 Å². The minimum Gasteiger partial charge on any atom is -0.508 e. The van der Waals surface area contributed by atoms with Crippen molar-refractivity contribution in [3.8, 4) is 5.75 Å². The van der Waals surface area contributed by atoms with Crippen molar-refractivity contribution in [2.45, 2.75) is 17.6 Å². The lowest BCUT2D eigenvalue weighted by atomic mass is 10.3. The summed E-state index contributed by atoms with van der Waals surface area (Å²) in [7, 11) is 0. The van der Waals surface area contributed by atoms with E-state index in [0.29, 0.717) is 5.75 Å². The van der Waals surface area contributed by atoms with Crippen molar-refractivity contribution in [3.63, 3.8) is 0 Å². The maximum absolute atomic E-state index is 9.12. The third-order valence-electron chi connectivity index (χ3n) is 2.01. The van der Waals surface area contributed by atoms with E-state index in [1.165, 1.54) is 0 Å². The van der Waals surface area contributed by atoms with Crippen LogP contribution < -0.4 is 0 Å². The van der Waals surface area contributed by atoms with Crippen molar-refractivity contribution in [1.29, 1.82) is 0 Å². The van der Waals surface area contributed by atoms with E-state index in [9.17, 15) is 0 Å². The molecule has 3 heteroatoms. The summed E-state index contributed by atoms with van der Waals surface area (Å²) in [6.45, 7) is 1.94. The number of phenolic OH excluding ortho intramolecular Hbond substituents is 1. The lowest BCUT2D eigenvalue weighted by Gasteiger charge is -1.99. The molecule has 0 aliphatic carbocycles. The van der Waals surface area contributed by atoms with Crippen LogP contribution in [0.1, 0.15) is 11.5 Å². The summed E-state index contributed by atoms with van der Waals surface area (Å²) in [5.41, 5.74) is 0. The third kappa shape index (κ3) is 2.80. The van der Waals surface area contributed by atoms with Gasteiger partial charge in [-0.3, -0.25) is 0 Å². The summed E-state index contributed by atoms with van der Waals surface area (Å²) >= 11 is 1.69. The molecule has 0 saturated carbocycles. The molecule has 0 bridgehead atoms. The van der Waals surface area contributed by atoms with Crippen molar-refractivity contribution in [3.05, 3.63) is 47.9 Å². The highest BCUT2D eigenvalue weighted by Gasteiger charge is 2.00. The summed E-state index contributed by atoms with van der Waals surface area (Å²) in [4.78, 5) is 1.13. The molecule has 2 rings (SSSR count). The molecule has 2 nitrogen and oxygen atoms in total. The van der Waals surface area contributed by atoms with Crippen LogP contribution in [0.2, 0.25) is 0 Å². The smallest absolute Gasteiger partial charge is 0.115 e. The SMILES string of the molecule is Cc1ccc(CSc2ccc(O)cc2)o1. The van der Waals surface area contributed by atoms with Crippen LogP contribution in [0, 0.1) is 6.92 Å². The fourth-order valence-electron chi connectivity index (χ4n) is 1.26. The Labute approximate surface area is 92.9 Å². The second-order valence-electron chi connectivity index (χ2n) is 3.29. The van der Waals surface area contributed by atoms with Crippen molar-refractivity contribution in [2.75, 3.05) is 0 Å². The van der Waals surface area contributed by atoms with E-state index < -0.39 is 0 Å². The summed E-state index contributed by atoms with van der Waals surface area (Å²) in [6, 6.07) is 11.1. The fourth-order valence-corrected chi connectivity index (χ4v) is 2.05. The Hall–Kier alpha value is -1.35. The first-order valence-corrected chi connectivity index (χ1v) is 5.70. The van der Waals surface area contributed by atoms with Gasteiger partial charge in [-0.2, -0.15) is 0 Å². The molecule has 0 aliphatic heterocycles. The molecule has 0 unspecified atom stereocenters. The Morgan fingerprint density at radius 3 is 2.47 bits per heavy atom. The highest BCUT2D eigenvalue weighted by molar-refractivity contribution is 7.98. The fraction of sp³-hybridized carbons (Fsp3) is 0.167. The highest BCUT2D eigenvalue weighted by Crippen LogP contribution is 2.25. The molecule has 0 radical (unpaired) electrons. The number of aromatic hydroxyl groups is 1. The molecule has 1 aromatic carbocycles. The molecular weight excluding hydrogens is 208 g/mol. The molecule has 1 aromatic heterocycles. The molecule has 1 N–H and O–H groups in total. The predicted octanol–water partition coefficient (Wildman–Crippen LogP) is 3.59. The van der Waals surface area contributed by atoms with Crippen molar-refractivity contribution in [2.24, 2.45) is 0 Å². The maximum atomic E-state index is 9.12. The predicted molar refractivity (Wildman–Crippen MR) is 61.1 cm³/mol. The summed E-state index contributed by atoms with van der Waals surface area (Å²) in [5.74, 6) is 3.04. The average Bonchev–Trinajstić information content (AvgIpc) is 2.64. The van der Waals surface area contributed by atoms with E-state index in [2.05, 4.69) is 0 Å². The van der Waals surface area contributed by atoms with Gasteiger partial charge in [0.1, 0.15) is 17.3 Å². The van der Waals surface area contributed by atoms with E-state index >= 15 is 0 Å². The molecule has 1 heterocycles. The Kier molecular flexibility index (Phi) is 3.02. The Morgan fingerprint density at radius 2 is 1.87 bits per heavy atom. The third-order valence-corrected chi connectivity index (χ3v) is 3.05. The Morgan fingerprint density at radius 1 is 1.13 bits per heavy atom. The highest BCUT2D eigenvalue weighted by atomic mass is 32.2. The largest absolute Gasteiger partial charge is 0.508 e. The first kappa shape index (κ1) is 10.2. The second kappa shape index (κ2) is 4.45. The Balaban J connectivity index is 1.96. The van der Waals surface area contributed by atoms with Crippen LogP contribution in [0.25, 0.3) is 0 Å². The van der Waals surface area contributed by atoms with E-state index in [0.717, 1.165) is 22.2 Å². The molecule has 15 heavy (non-hydrogen) atoms. The molecule has 78 valence electrons. The molecule has 0 saturated heterocycles. The lowest BCUT2D eigenvalue weighted by Crippen LogP contribution is -1.75. The summed E-state index contributed by atoms with van der Waals surface area (Å²) < 4.78 is 5.46.